The fourth-order valence-electron chi connectivity index (χ4n) is 2.35. The van der Waals surface area contributed by atoms with Crippen molar-refractivity contribution < 1.29 is 4.74 Å². The Morgan fingerprint density at radius 2 is 2.00 bits per heavy atom. The van der Waals surface area contributed by atoms with Crippen LogP contribution in [0.15, 0.2) is 30.5 Å². The minimum atomic E-state index is 0.103. The van der Waals surface area contributed by atoms with Crippen molar-refractivity contribution in [1.29, 1.82) is 0 Å². The van der Waals surface area contributed by atoms with Gasteiger partial charge in [-0.05, 0) is 17.7 Å². The molecule has 0 amide bonds. The highest BCUT2D eigenvalue weighted by Gasteiger charge is 2.18. The summed E-state index contributed by atoms with van der Waals surface area (Å²) < 4.78 is 7.35. The van der Waals surface area contributed by atoms with Gasteiger partial charge in [-0.1, -0.05) is 18.2 Å². The lowest BCUT2D eigenvalue weighted by atomic mass is 10.1. The Labute approximate surface area is 121 Å². The third-order valence-corrected chi connectivity index (χ3v) is 3.39. The van der Waals surface area contributed by atoms with E-state index in [1.54, 1.807) is 0 Å². The number of nitrogens with zero attached hydrogens (tertiary/aromatic N) is 3. The van der Waals surface area contributed by atoms with Crippen LogP contribution in [0.3, 0.4) is 0 Å². The van der Waals surface area contributed by atoms with E-state index in [9.17, 15) is 0 Å². The van der Waals surface area contributed by atoms with Gasteiger partial charge < -0.3 is 15.0 Å². The number of aromatic nitrogens is 3. The Balaban J connectivity index is 2.36. The average molecular weight is 289 g/mol. The van der Waals surface area contributed by atoms with E-state index < -0.39 is 0 Å². The summed E-state index contributed by atoms with van der Waals surface area (Å²) in [6, 6.07) is 8.03. The molecule has 0 saturated heterocycles. The minimum absolute atomic E-state index is 0.103. The van der Waals surface area contributed by atoms with Crippen molar-refractivity contribution in [3.8, 4) is 17.0 Å². The van der Waals surface area contributed by atoms with Gasteiger partial charge in [0.25, 0.3) is 0 Å². The maximum Gasteiger partial charge on any atom is 0.225 e. The van der Waals surface area contributed by atoms with Crippen LogP contribution >= 0.6 is 11.6 Å². The van der Waals surface area contributed by atoms with E-state index in [4.69, 9.17) is 22.1 Å². The summed E-state index contributed by atoms with van der Waals surface area (Å²) in [6.45, 7) is 0. The van der Waals surface area contributed by atoms with Crippen molar-refractivity contribution in [2.45, 2.75) is 0 Å². The number of aryl methyl sites for hydroxylation is 1. The van der Waals surface area contributed by atoms with Gasteiger partial charge >= 0.3 is 0 Å². The molecule has 5 nitrogen and oxygen atoms in total. The van der Waals surface area contributed by atoms with Crippen LogP contribution in [0.2, 0.25) is 5.28 Å². The summed E-state index contributed by atoms with van der Waals surface area (Å²) in [5.74, 6) is 0.668. The zero-order valence-electron chi connectivity index (χ0n) is 11.1. The first-order valence-corrected chi connectivity index (χ1v) is 6.41. The fraction of sp³-hybridized carbons (Fsp3) is 0.143. The van der Waals surface area contributed by atoms with Crippen LogP contribution in [0.25, 0.3) is 22.2 Å². The van der Waals surface area contributed by atoms with Crippen LogP contribution in [0.4, 0.5) is 5.82 Å². The predicted molar refractivity (Wildman–Crippen MR) is 79.9 cm³/mol. The first-order valence-electron chi connectivity index (χ1n) is 6.03. The van der Waals surface area contributed by atoms with Crippen LogP contribution in [0.5, 0.6) is 5.75 Å². The first-order chi connectivity index (χ1) is 9.61. The first kappa shape index (κ1) is 12.7. The molecule has 6 heteroatoms. The molecule has 0 radical (unpaired) electrons. The molecule has 2 N–H and O–H groups in total. The lowest BCUT2D eigenvalue weighted by Crippen LogP contribution is -2.01. The lowest BCUT2D eigenvalue weighted by Gasteiger charge is -2.09. The van der Waals surface area contributed by atoms with E-state index in [1.165, 1.54) is 7.11 Å². The third kappa shape index (κ3) is 1.87. The summed E-state index contributed by atoms with van der Waals surface area (Å²) >= 11 is 5.92. The Morgan fingerprint density at radius 1 is 1.25 bits per heavy atom. The largest absolute Gasteiger partial charge is 0.491 e. The van der Waals surface area contributed by atoms with E-state index in [1.807, 2.05) is 42.1 Å². The molecule has 0 aliphatic rings. The quantitative estimate of drug-likeness (QED) is 0.736. The van der Waals surface area contributed by atoms with Gasteiger partial charge in [0, 0.05) is 29.7 Å². The number of halogens is 1. The number of nitrogens with two attached hydrogens (primary N) is 1. The maximum absolute atomic E-state index is 5.92. The Kier molecular flexibility index (Phi) is 2.99. The van der Waals surface area contributed by atoms with Crippen molar-refractivity contribution in [2.75, 3.05) is 12.8 Å². The Bertz CT molecular complexity index is 797. The van der Waals surface area contributed by atoms with Crippen molar-refractivity contribution in [3.05, 3.63) is 35.7 Å². The molecule has 102 valence electrons. The number of hydrogen-bond donors (Lipinski definition) is 1. The summed E-state index contributed by atoms with van der Waals surface area (Å²) in [7, 11) is 3.52. The molecule has 0 saturated carbocycles. The molecular formula is C14H13ClN4O. The molecule has 3 aromatic rings. The highest BCUT2D eigenvalue weighted by atomic mass is 35.5. The molecule has 3 rings (SSSR count). The smallest absolute Gasteiger partial charge is 0.225 e. The van der Waals surface area contributed by atoms with E-state index in [0.717, 1.165) is 16.5 Å². The predicted octanol–water partition coefficient (Wildman–Crippen LogP) is 2.88. The molecule has 0 spiro atoms. The van der Waals surface area contributed by atoms with Gasteiger partial charge in [-0.3, -0.25) is 0 Å². The minimum Gasteiger partial charge on any atom is -0.491 e. The fourth-order valence-corrected chi connectivity index (χ4v) is 2.53. The Morgan fingerprint density at radius 3 is 2.75 bits per heavy atom. The topological polar surface area (TPSA) is 66.0 Å². The summed E-state index contributed by atoms with van der Waals surface area (Å²) in [6.07, 6.45) is 1.98. The molecule has 0 fully saturated rings. The molecule has 0 aliphatic heterocycles. The van der Waals surface area contributed by atoms with Gasteiger partial charge in [-0.15, -0.1) is 0 Å². The molecule has 20 heavy (non-hydrogen) atoms. The highest BCUT2D eigenvalue weighted by molar-refractivity contribution is 6.28. The van der Waals surface area contributed by atoms with E-state index >= 15 is 0 Å². The molecular weight excluding hydrogens is 276 g/mol. The van der Waals surface area contributed by atoms with Crippen LogP contribution in [-0.2, 0) is 7.05 Å². The number of ether oxygens (including phenoxy) is 1. The summed E-state index contributed by atoms with van der Waals surface area (Å²) in [5.41, 5.74) is 8.46. The third-order valence-electron chi connectivity index (χ3n) is 3.22. The molecule has 2 aromatic heterocycles. The van der Waals surface area contributed by atoms with Crippen LogP contribution in [0.1, 0.15) is 0 Å². The van der Waals surface area contributed by atoms with Crippen molar-refractivity contribution in [2.24, 2.45) is 7.05 Å². The number of methoxy groups -OCH3 is 1. The van der Waals surface area contributed by atoms with Crippen LogP contribution < -0.4 is 10.5 Å². The molecule has 0 atom stereocenters. The maximum atomic E-state index is 5.92. The second-order valence-electron chi connectivity index (χ2n) is 4.43. The zero-order chi connectivity index (χ0) is 14.3. The van der Waals surface area contributed by atoms with Gasteiger partial charge in [0.1, 0.15) is 5.69 Å². The average Bonchev–Trinajstić information content (AvgIpc) is 2.76. The molecule has 1 aromatic carbocycles. The standard InChI is InChI=1S/C14H13ClN4O/c1-19-7-9(8-5-3-4-6-10(8)19)11-12(20-2)13(16)18-14(15)17-11/h3-7H,1-2H3,(H2,16,17,18). The van der Waals surface area contributed by atoms with Crippen LogP contribution in [-0.4, -0.2) is 21.6 Å². The number of rotatable bonds is 2. The SMILES string of the molecule is COc1c(N)nc(Cl)nc1-c1cn(C)c2ccccc12. The van der Waals surface area contributed by atoms with Gasteiger partial charge in [0.2, 0.25) is 5.28 Å². The molecule has 0 unspecified atom stereocenters. The monoisotopic (exact) mass is 288 g/mol. The number of fused-ring (bicyclic) bond motifs is 1. The normalized spacial score (nSPS) is 10.9. The van der Waals surface area contributed by atoms with Gasteiger partial charge in [-0.25, -0.2) is 4.98 Å². The number of para-hydroxylation sites is 1. The van der Waals surface area contributed by atoms with Crippen molar-refractivity contribution >= 4 is 28.3 Å². The van der Waals surface area contributed by atoms with Crippen molar-refractivity contribution in [3.63, 3.8) is 0 Å². The van der Waals surface area contributed by atoms with Gasteiger partial charge in [0.05, 0.1) is 7.11 Å². The summed E-state index contributed by atoms with van der Waals surface area (Å²) in [4.78, 5) is 8.19. The lowest BCUT2D eigenvalue weighted by molar-refractivity contribution is 0.415. The Hall–Kier alpha value is -2.27. The van der Waals surface area contributed by atoms with E-state index in [2.05, 4.69) is 9.97 Å². The number of nitrogen functional groups attached to an aromatic ring is 1. The second-order valence-corrected chi connectivity index (χ2v) is 4.77. The summed E-state index contributed by atoms with van der Waals surface area (Å²) in [5, 5.41) is 1.16. The molecule has 2 heterocycles. The van der Waals surface area contributed by atoms with Crippen LogP contribution in [0, 0.1) is 0 Å². The highest BCUT2D eigenvalue weighted by Crippen LogP contribution is 2.37. The number of anilines is 1. The molecule has 0 bridgehead atoms. The van der Waals surface area contributed by atoms with Gasteiger partial charge in [-0.2, -0.15) is 4.98 Å². The van der Waals surface area contributed by atoms with E-state index in [-0.39, 0.29) is 11.1 Å². The van der Waals surface area contributed by atoms with E-state index in [0.29, 0.717) is 11.4 Å². The second kappa shape index (κ2) is 4.68. The number of benzene rings is 1. The zero-order valence-corrected chi connectivity index (χ0v) is 11.8. The van der Waals surface area contributed by atoms with Crippen molar-refractivity contribution in [1.82, 2.24) is 14.5 Å². The van der Waals surface area contributed by atoms with Gasteiger partial charge in [0.15, 0.2) is 11.6 Å². The number of hydrogen-bond acceptors (Lipinski definition) is 4. The molecule has 0 aliphatic carbocycles.